The van der Waals surface area contributed by atoms with E-state index >= 15 is 0 Å². The molecule has 0 radical (unpaired) electrons. The standard InChI is InChI=1S/C21H22/c1-17(2)18-10-9-15-21(16-18,19-11-5-3-6-12-19)20-13-7-4-8-14-20/h3-14,16-17H,15H2,1-2H3. The maximum Gasteiger partial charge on any atom is 0.0422 e. The first-order valence-electron chi connectivity index (χ1n) is 7.73. The van der Waals surface area contributed by atoms with Crippen molar-refractivity contribution in [3.8, 4) is 0 Å². The Kier molecular flexibility index (Phi) is 3.79. The molecule has 0 bridgehead atoms. The minimum absolute atomic E-state index is 0.0309. The lowest BCUT2D eigenvalue weighted by Crippen LogP contribution is -2.27. The maximum absolute atomic E-state index is 2.47. The zero-order valence-corrected chi connectivity index (χ0v) is 12.8. The quantitative estimate of drug-likeness (QED) is 0.691. The number of hydrogen-bond donors (Lipinski definition) is 0. The number of rotatable bonds is 3. The summed E-state index contributed by atoms with van der Waals surface area (Å²) in [7, 11) is 0. The smallest absolute Gasteiger partial charge is 0.0422 e. The van der Waals surface area contributed by atoms with Gasteiger partial charge in [0.15, 0.2) is 0 Å². The van der Waals surface area contributed by atoms with Gasteiger partial charge in [-0.25, -0.2) is 0 Å². The van der Waals surface area contributed by atoms with Crippen molar-refractivity contribution >= 4 is 0 Å². The zero-order chi connectivity index (χ0) is 14.7. The molecule has 0 N–H and O–H groups in total. The molecule has 3 rings (SSSR count). The summed E-state index contributed by atoms with van der Waals surface area (Å²) >= 11 is 0. The van der Waals surface area contributed by atoms with Gasteiger partial charge in [-0.2, -0.15) is 0 Å². The summed E-state index contributed by atoms with van der Waals surface area (Å²) in [5.74, 6) is 0.549. The van der Waals surface area contributed by atoms with Crippen LogP contribution in [0.25, 0.3) is 0 Å². The molecule has 21 heavy (non-hydrogen) atoms. The molecule has 2 aromatic rings. The first kappa shape index (κ1) is 13.9. The summed E-state index contributed by atoms with van der Waals surface area (Å²) in [5.41, 5.74) is 4.14. The van der Waals surface area contributed by atoms with E-state index in [1.165, 1.54) is 16.7 Å². The van der Waals surface area contributed by atoms with Crippen molar-refractivity contribution in [1.82, 2.24) is 0 Å². The Labute approximate surface area is 127 Å². The Hall–Kier alpha value is -2.08. The van der Waals surface area contributed by atoms with Gasteiger partial charge in [-0.3, -0.25) is 0 Å². The van der Waals surface area contributed by atoms with E-state index in [-0.39, 0.29) is 5.41 Å². The highest BCUT2D eigenvalue weighted by Crippen LogP contribution is 2.41. The van der Waals surface area contributed by atoms with E-state index in [0.717, 1.165) is 6.42 Å². The number of hydrogen-bond acceptors (Lipinski definition) is 0. The predicted octanol–water partition coefficient (Wildman–Crippen LogP) is 5.52. The third-order valence-corrected chi connectivity index (χ3v) is 4.41. The number of benzene rings is 2. The van der Waals surface area contributed by atoms with Crippen LogP contribution in [0.3, 0.4) is 0 Å². The normalized spacial score (nSPS) is 16.8. The zero-order valence-electron chi connectivity index (χ0n) is 12.8. The monoisotopic (exact) mass is 274 g/mol. The second-order valence-electron chi connectivity index (χ2n) is 6.11. The van der Waals surface area contributed by atoms with Crippen LogP contribution in [-0.2, 0) is 5.41 Å². The topological polar surface area (TPSA) is 0 Å². The fraction of sp³-hybridized carbons (Fsp3) is 0.238. The van der Waals surface area contributed by atoms with Crippen molar-refractivity contribution in [3.05, 3.63) is 95.6 Å². The van der Waals surface area contributed by atoms with Gasteiger partial charge in [-0.1, -0.05) is 92.7 Å². The minimum Gasteiger partial charge on any atom is -0.0827 e. The lowest BCUT2D eigenvalue weighted by Gasteiger charge is -2.35. The molecular formula is C21H22. The SMILES string of the molecule is CC(C)C1=CC(c2ccccc2)(c2ccccc2)CC=C1. The van der Waals surface area contributed by atoms with Gasteiger partial charge < -0.3 is 0 Å². The van der Waals surface area contributed by atoms with Crippen molar-refractivity contribution in [2.75, 3.05) is 0 Å². The van der Waals surface area contributed by atoms with Gasteiger partial charge in [0.05, 0.1) is 0 Å². The summed E-state index contributed by atoms with van der Waals surface area (Å²) in [5, 5.41) is 0. The van der Waals surface area contributed by atoms with Crippen LogP contribution in [0, 0.1) is 5.92 Å². The highest BCUT2D eigenvalue weighted by Gasteiger charge is 2.33. The second-order valence-corrected chi connectivity index (χ2v) is 6.11. The van der Waals surface area contributed by atoms with Crippen molar-refractivity contribution in [2.24, 2.45) is 5.92 Å². The van der Waals surface area contributed by atoms with Crippen LogP contribution in [-0.4, -0.2) is 0 Å². The van der Waals surface area contributed by atoms with E-state index in [2.05, 4.69) is 92.7 Å². The third kappa shape index (κ3) is 2.58. The van der Waals surface area contributed by atoms with E-state index in [1.54, 1.807) is 0 Å². The summed E-state index contributed by atoms with van der Waals surface area (Å²) in [4.78, 5) is 0. The Morgan fingerprint density at radius 2 is 1.33 bits per heavy atom. The highest BCUT2D eigenvalue weighted by molar-refractivity contribution is 5.49. The molecule has 0 unspecified atom stereocenters. The van der Waals surface area contributed by atoms with Crippen LogP contribution >= 0.6 is 0 Å². The van der Waals surface area contributed by atoms with E-state index in [4.69, 9.17) is 0 Å². The predicted molar refractivity (Wildman–Crippen MR) is 90.3 cm³/mol. The van der Waals surface area contributed by atoms with Crippen molar-refractivity contribution in [3.63, 3.8) is 0 Å². The Balaban J connectivity index is 2.20. The third-order valence-electron chi connectivity index (χ3n) is 4.41. The summed E-state index contributed by atoms with van der Waals surface area (Å²) in [6, 6.07) is 21.7. The Morgan fingerprint density at radius 1 is 0.810 bits per heavy atom. The average Bonchev–Trinajstić information content (AvgIpc) is 2.56. The second kappa shape index (κ2) is 5.73. The molecule has 1 aliphatic rings. The largest absolute Gasteiger partial charge is 0.0827 e. The van der Waals surface area contributed by atoms with Crippen LogP contribution in [0.5, 0.6) is 0 Å². The van der Waals surface area contributed by atoms with Crippen LogP contribution in [0.1, 0.15) is 31.4 Å². The lowest BCUT2D eigenvalue weighted by molar-refractivity contribution is 0.623. The molecule has 1 aliphatic carbocycles. The number of allylic oxidation sites excluding steroid dienone is 4. The molecular weight excluding hydrogens is 252 g/mol. The molecule has 0 aromatic heterocycles. The van der Waals surface area contributed by atoms with Gasteiger partial charge in [0.1, 0.15) is 0 Å². The summed E-state index contributed by atoms with van der Waals surface area (Å²) in [6.07, 6.45) is 8.11. The molecule has 0 heterocycles. The van der Waals surface area contributed by atoms with Crippen LogP contribution in [0.2, 0.25) is 0 Å². The molecule has 106 valence electrons. The van der Waals surface area contributed by atoms with Crippen LogP contribution in [0.15, 0.2) is 84.5 Å². The van der Waals surface area contributed by atoms with Crippen LogP contribution in [0.4, 0.5) is 0 Å². The van der Waals surface area contributed by atoms with Crippen molar-refractivity contribution in [2.45, 2.75) is 25.7 Å². The minimum atomic E-state index is -0.0309. The van der Waals surface area contributed by atoms with E-state index in [1.807, 2.05) is 0 Å². The van der Waals surface area contributed by atoms with Gasteiger partial charge >= 0.3 is 0 Å². The molecule has 0 amide bonds. The summed E-state index contributed by atoms with van der Waals surface area (Å²) in [6.45, 7) is 4.53. The van der Waals surface area contributed by atoms with E-state index in [9.17, 15) is 0 Å². The van der Waals surface area contributed by atoms with Gasteiger partial charge in [0.2, 0.25) is 0 Å². The molecule has 0 atom stereocenters. The molecule has 0 fully saturated rings. The average molecular weight is 274 g/mol. The van der Waals surface area contributed by atoms with Gasteiger partial charge in [-0.15, -0.1) is 0 Å². The fourth-order valence-corrected chi connectivity index (χ4v) is 3.17. The van der Waals surface area contributed by atoms with Crippen molar-refractivity contribution < 1.29 is 0 Å². The molecule has 0 nitrogen and oxygen atoms in total. The Morgan fingerprint density at radius 3 is 1.81 bits per heavy atom. The van der Waals surface area contributed by atoms with Gasteiger partial charge in [0.25, 0.3) is 0 Å². The molecule has 0 heteroatoms. The maximum atomic E-state index is 2.47. The van der Waals surface area contributed by atoms with Crippen LogP contribution < -0.4 is 0 Å². The van der Waals surface area contributed by atoms with Gasteiger partial charge in [0, 0.05) is 5.41 Å². The molecule has 0 spiro atoms. The molecule has 0 saturated heterocycles. The summed E-state index contributed by atoms with van der Waals surface area (Å²) < 4.78 is 0. The Bertz CT molecular complexity index is 605. The first-order valence-corrected chi connectivity index (χ1v) is 7.73. The highest BCUT2D eigenvalue weighted by atomic mass is 14.4. The first-order chi connectivity index (χ1) is 10.2. The molecule has 0 saturated carbocycles. The molecule has 0 aliphatic heterocycles. The van der Waals surface area contributed by atoms with E-state index < -0.39 is 0 Å². The lowest BCUT2D eigenvalue weighted by atomic mass is 9.68. The van der Waals surface area contributed by atoms with Crippen molar-refractivity contribution in [1.29, 1.82) is 0 Å². The van der Waals surface area contributed by atoms with E-state index in [0.29, 0.717) is 5.92 Å². The van der Waals surface area contributed by atoms with Gasteiger partial charge in [-0.05, 0) is 29.0 Å². The fourth-order valence-electron chi connectivity index (χ4n) is 3.17. The molecule has 2 aromatic carbocycles.